The Bertz CT molecular complexity index is 563. The molecule has 1 saturated heterocycles. The molecule has 0 aromatic carbocycles. The molecule has 0 aromatic heterocycles. The summed E-state index contributed by atoms with van der Waals surface area (Å²) in [5.41, 5.74) is 0. The number of carboxylic acids is 1. The lowest BCUT2D eigenvalue weighted by Gasteiger charge is -2.43. The highest BCUT2D eigenvalue weighted by Crippen LogP contribution is 2.49. The van der Waals surface area contributed by atoms with Crippen molar-refractivity contribution in [1.82, 2.24) is 0 Å². The number of fused-ring (bicyclic) bond motifs is 1. The summed E-state index contributed by atoms with van der Waals surface area (Å²) in [6, 6.07) is 0. The number of carbonyl (C=O) groups excluding carboxylic acids is 1. The van der Waals surface area contributed by atoms with Crippen LogP contribution in [0, 0.1) is 11.8 Å². The number of aliphatic hydroxyl groups is 1. The number of unbranched alkanes of at least 4 members (excludes halogenated alkanes) is 2. The van der Waals surface area contributed by atoms with Gasteiger partial charge in [0.25, 0.3) is 0 Å². The highest BCUT2D eigenvalue weighted by atomic mass is 19.3. The summed E-state index contributed by atoms with van der Waals surface area (Å²) in [4.78, 5) is 22.8. The second-order valence-corrected chi connectivity index (χ2v) is 7.72. The number of alkyl halides is 2. The standard InChI is InChI=1S/C20H30F2O5/c1-2-3-11-19(21,22)20(26)12-10-15-14(16(23)13-17(15)27-20)8-6-4-5-7-9-18(24)25/h4,6,14-15,17,26H,2-3,5,7-13H2,1H3,(H,24,25)/b6-4-/t14-,15-,17-,20-/m1/s1. The predicted molar refractivity (Wildman–Crippen MR) is 95.4 cm³/mol. The molecule has 0 bridgehead atoms. The van der Waals surface area contributed by atoms with Gasteiger partial charge >= 0.3 is 11.9 Å². The Hall–Kier alpha value is -1.34. The van der Waals surface area contributed by atoms with E-state index in [2.05, 4.69) is 0 Å². The molecule has 1 aliphatic heterocycles. The summed E-state index contributed by atoms with van der Waals surface area (Å²) in [7, 11) is 0. The Morgan fingerprint density at radius 1 is 1.37 bits per heavy atom. The van der Waals surface area contributed by atoms with Crippen molar-refractivity contribution in [2.45, 2.75) is 88.9 Å². The van der Waals surface area contributed by atoms with Crippen LogP contribution >= 0.6 is 0 Å². The fourth-order valence-corrected chi connectivity index (χ4v) is 4.09. The van der Waals surface area contributed by atoms with Crippen molar-refractivity contribution < 1.29 is 33.3 Å². The summed E-state index contributed by atoms with van der Waals surface area (Å²) in [6.45, 7) is 1.81. The molecule has 2 aliphatic rings. The van der Waals surface area contributed by atoms with Crippen LogP contribution in [0.3, 0.4) is 0 Å². The minimum Gasteiger partial charge on any atom is -0.481 e. The van der Waals surface area contributed by atoms with Crippen LogP contribution in [0.1, 0.15) is 71.1 Å². The zero-order chi connectivity index (χ0) is 20.1. The molecule has 1 heterocycles. The molecule has 2 N–H and O–H groups in total. The first-order chi connectivity index (χ1) is 12.7. The second kappa shape index (κ2) is 9.24. The number of rotatable bonds is 10. The number of ether oxygens (including phenoxy) is 1. The van der Waals surface area contributed by atoms with Crippen LogP contribution in [0.5, 0.6) is 0 Å². The average molecular weight is 388 g/mol. The van der Waals surface area contributed by atoms with Gasteiger partial charge in [-0.25, -0.2) is 8.78 Å². The third-order valence-electron chi connectivity index (χ3n) is 5.71. The molecule has 0 unspecified atom stereocenters. The van der Waals surface area contributed by atoms with E-state index in [1.165, 1.54) is 0 Å². The zero-order valence-electron chi connectivity index (χ0n) is 15.8. The fourth-order valence-electron chi connectivity index (χ4n) is 4.09. The summed E-state index contributed by atoms with van der Waals surface area (Å²) in [5, 5.41) is 19.0. The largest absolute Gasteiger partial charge is 0.481 e. The zero-order valence-corrected chi connectivity index (χ0v) is 15.8. The number of hydrogen-bond donors (Lipinski definition) is 2. The van der Waals surface area contributed by atoms with Gasteiger partial charge in [0.2, 0.25) is 5.79 Å². The Kier molecular flexibility index (Phi) is 7.51. The molecule has 7 heteroatoms. The van der Waals surface area contributed by atoms with Crippen LogP contribution in [-0.2, 0) is 14.3 Å². The molecule has 0 spiro atoms. The van der Waals surface area contributed by atoms with Crippen molar-refractivity contribution in [2.75, 3.05) is 0 Å². The maximum Gasteiger partial charge on any atom is 0.303 e. The van der Waals surface area contributed by atoms with Gasteiger partial charge in [-0.3, -0.25) is 9.59 Å². The van der Waals surface area contributed by atoms with Crippen LogP contribution in [0.15, 0.2) is 12.2 Å². The monoisotopic (exact) mass is 388 g/mol. The topological polar surface area (TPSA) is 83.8 Å². The smallest absolute Gasteiger partial charge is 0.303 e. The van der Waals surface area contributed by atoms with Crippen LogP contribution in [0.4, 0.5) is 8.78 Å². The van der Waals surface area contributed by atoms with Gasteiger partial charge in [-0.15, -0.1) is 0 Å². The Morgan fingerprint density at radius 2 is 2.11 bits per heavy atom. The van der Waals surface area contributed by atoms with Gasteiger partial charge in [0.15, 0.2) is 0 Å². The van der Waals surface area contributed by atoms with E-state index in [4.69, 9.17) is 9.84 Å². The molecule has 27 heavy (non-hydrogen) atoms. The number of carbonyl (C=O) groups is 2. The minimum atomic E-state index is -3.32. The molecule has 0 radical (unpaired) electrons. The number of Topliss-reactive ketones (excluding diaryl/α,β-unsaturated/α-hetero) is 1. The number of hydrogen-bond acceptors (Lipinski definition) is 4. The van der Waals surface area contributed by atoms with E-state index in [1.54, 1.807) is 0 Å². The fraction of sp³-hybridized carbons (Fsp3) is 0.800. The first-order valence-electron chi connectivity index (χ1n) is 9.87. The van der Waals surface area contributed by atoms with Crippen molar-refractivity contribution in [3.05, 3.63) is 12.2 Å². The van der Waals surface area contributed by atoms with E-state index in [0.717, 1.165) is 0 Å². The van der Waals surface area contributed by atoms with Crippen molar-refractivity contribution >= 4 is 11.8 Å². The lowest BCUT2D eigenvalue weighted by atomic mass is 9.82. The summed E-state index contributed by atoms with van der Waals surface area (Å²) >= 11 is 0. The summed E-state index contributed by atoms with van der Waals surface area (Å²) in [5.74, 6) is -7.08. The molecule has 4 atom stereocenters. The molecular weight excluding hydrogens is 358 g/mol. The third kappa shape index (κ3) is 5.35. The lowest BCUT2D eigenvalue weighted by molar-refractivity contribution is -0.356. The highest BCUT2D eigenvalue weighted by molar-refractivity contribution is 5.84. The van der Waals surface area contributed by atoms with Gasteiger partial charge in [-0.05, 0) is 38.0 Å². The molecule has 0 amide bonds. The molecule has 154 valence electrons. The Morgan fingerprint density at radius 3 is 2.78 bits per heavy atom. The average Bonchev–Trinajstić information content (AvgIpc) is 2.90. The van der Waals surface area contributed by atoms with Crippen molar-refractivity contribution in [3.8, 4) is 0 Å². The van der Waals surface area contributed by atoms with Crippen LogP contribution in [0.25, 0.3) is 0 Å². The van der Waals surface area contributed by atoms with Gasteiger partial charge < -0.3 is 14.9 Å². The van der Waals surface area contributed by atoms with Gasteiger partial charge in [-0.1, -0.05) is 25.5 Å². The van der Waals surface area contributed by atoms with Crippen LogP contribution < -0.4 is 0 Å². The normalized spacial score (nSPS) is 31.4. The number of allylic oxidation sites excluding steroid dienone is 2. The molecule has 1 saturated carbocycles. The van der Waals surface area contributed by atoms with E-state index in [1.807, 2.05) is 19.1 Å². The summed E-state index contributed by atoms with van der Waals surface area (Å²) in [6.07, 6.45) is 5.57. The maximum atomic E-state index is 14.4. The number of carboxylic acid groups (broad SMARTS) is 1. The number of ketones is 1. The highest BCUT2D eigenvalue weighted by Gasteiger charge is 2.59. The molecule has 2 rings (SSSR count). The minimum absolute atomic E-state index is 0.0127. The van der Waals surface area contributed by atoms with Gasteiger partial charge in [0, 0.05) is 31.6 Å². The van der Waals surface area contributed by atoms with Gasteiger partial charge in [0.05, 0.1) is 6.10 Å². The molecule has 1 aliphatic carbocycles. The lowest BCUT2D eigenvalue weighted by Crippen LogP contribution is -2.55. The van der Waals surface area contributed by atoms with E-state index in [0.29, 0.717) is 38.5 Å². The molecule has 0 aromatic rings. The number of aliphatic carboxylic acids is 1. The van der Waals surface area contributed by atoms with Crippen molar-refractivity contribution in [3.63, 3.8) is 0 Å². The quantitative estimate of drug-likeness (QED) is 0.435. The van der Waals surface area contributed by atoms with E-state index >= 15 is 0 Å². The maximum absolute atomic E-state index is 14.4. The van der Waals surface area contributed by atoms with E-state index in [-0.39, 0.29) is 36.9 Å². The van der Waals surface area contributed by atoms with Crippen molar-refractivity contribution in [1.29, 1.82) is 0 Å². The van der Waals surface area contributed by atoms with Crippen LogP contribution in [0.2, 0.25) is 0 Å². The Balaban J connectivity index is 1.90. The Labute approximate surface area is 158 Å². The SMILES string of the molecule is CCCCC(F)(F)[C@@]1(O)CC[C@H]2[C@@H](CC(=O)[C@@H]2C/C=C\CCCC(=O)O)O1. The number of halogens is 2. The van der Waals surface area contributed by atoms with Crippen molar-refractivity contribution in [2.24, 2.45) is 11.8 Å². The molecule has 2 fully saturated rings. The first-order valence-corrected chi connectivity index (χ1v) is 9.87. The van der Waals surface area contributed by atoms with E-state index < -0.39 is 30.2 Å². The summed E-state index contributed by atoms with van der Waals surface area (Å²) < 4.78 is 34.2. The predicted octanol–water partition coefficient (Wildman–Crippen LogP) is 4.09. The second-order valence-electron chi connectivity index (χ2n) is 7.72. The van der Waals surface area contributed by atoms with Gasteiger partial charge in [-0.2, -0.15) is 0 Å². The first kappa shape index (κ1) is 22.0. The van der Waals surface area contributed by atoms with Gasteiger partial charge in [0.1, 0.15) is 5.78 Å². The van der Waals surface area contributed by atoms with E-state index in [9.17, 15) is 23.5 Å². The third-order valence-corrected chi connectivity index (χ3v) is 5.71. The van der Waals surface area contributed by atoms with Crippen LogP contribution in [-0.4, -0.2) is 39.8 Å². The molecule has 5 nitrogen and oxygen atoms in total. The molecular formula is C20H30F2O5.